The lowest BCUT2D eigenvalue weighted by Crippen LogP contribution is -2.96. The number of nitrogens with two attached hydrogens (primary N) is 1. The number of hydrogen-bond donors (Lipinski definition) is 2. The van der Waals surface area contributed by atoms with Crippen molar-refractivity contribution in [2.75, 3.05) is 13.2 Å². The first-order valence-electron chi connectivity index (χ1n) is 6.21. The van der Waals surface area contributed by atoms with E-state index < -0.39 is 6.10 Å². The van der Waals surface area contributed by atoms with Crippen LogP contribution in [0.5, 0.6) is 0 Å². The second-order valence-electron chi connectivity index (χ2n) is 5.60. The molecule has 0 aliphatic heterocycles. The highest BCUT2D eigenvalue weighted by Gasteiger charge is 2.16. The van der Waals surface area contributed by atoms with Crippen LogP contribution < -0.4 is 5.32 Å². The van der Waals surface area contributed by atoms with Crippen molar-refractivity contribution in [1.29, 1.82) is 0 Å². The second kappa shape index (κ2) is 7.10. The zero-order valence-corrected chi connectivity index (χ0v) is 12.1. The maximum atomic E-state index is 9.76. The van der Waals surface area contributed by atoms with Crippen LogP contribution in [0.3, 0.4) is 0 Å². The van der Waals surface area contributed by atoms with E-state index in [0.717, 1.165) is 10.6 Å². The van der Waals surface area contributed by atoms with Crippen molar-refractivity contribution < 1.29 is 15.2 Å². The van der Waals surface area contributed by atoms with Gasteiger partial charge in [0.25, 0.3) is 0 Å². The van der Waals surface area contributed by atoms with E-state index in [1.165, 1.54) is 0 Å². The minimum atomic E-state index is -0.434. The van der Waals surface area contributed by atoms with Gasteiger partial charge in [-0.3, -0.25) is 0 Å². The van der Waals surface area contributed by atoms with E-state index in [0.29, 0.717) is 19.8 Å². The molecule has 102 valence electrons. The molecule has 0 fully saturated rings. The van der Waals surface area contributed by atoms with Crippen molar-refractivity contribution in [3.05, 3.63) is 34.9 Å². The fourth-order valence-corrected chi connectivity index (χ4v) is 1.58. The average Bonchev–Trinajstić information content (AvgIpc) is 2.28. The molecule has 3 N–H and O–H groups in total. The molecule has 1 aromatic rings. The molecule has 3 nitrogen and oxygen atoms in total. The normalized spacial score (nSPS) is 13.6. The summed E-state index contributed by atoms with van der Waals surface area (Å²) >= 11 is 5.80. The van der Waals surface area contributed by atoms with Crippen LogP contribution in [-0.2, 0) is 11.3 Å². The second-order valence-corrected chi connectivity index (χ2v) is 6.04. The maximum absolute atomic E-state index is 9.76. The molecular formula is C14H23ClNO2+. The van der Waals surface area contributed by atoms with Crippen LogP contribution in [0.25, 0.3) is 0 Å². The molecule has 18 heavy (non-hydrogen) atoms. The highest BCUT2D eigenvalue weighted by Crippen LogP contribution is 2.10. The summed E-state index contributed by atoms with van der Waals surface area (Å²) in [5, 5.41) is 12.6. The lowest BCUT2D eigenvalue weighted by atomic mass is 10.1. The van der Waals surface area contributed by atoms with Crippen LogP contribution in [0, 0.1) is 0 Å². The minimum Gasteiger partial charge on any atom is -0.385 e. The first-order chi connectivity index (χ1) is 8.37. The first-order valence-corrected chi connectivity index (χ1v) is 6.59. The first kappa shape index (κ1) is 15.4. The Kier molecular flexibility index (Phi) is 6.09. The topological polar surface area (TPSA) is 46.1 Å². The highest BCUT2D eigenvalue weighted by molar-refractivity contribution is 6.30. The van der Waals surface area contributed by atoms with Gasteiger partial charge in [0.1, 0.15) is 12.6 Å². The van der Waals surface area contributed by atoms with Gasteiger partial charge in [0.05, 0.1) is 18.8 Å². The number of quaternary nitrogens is 1. The Morgan fingerprint density at radius 3 is 2.44 bits per heavy atom. The van der Waals surface area contributed by atoms with E-state index in [-0.39, 0.29) is 5.54 Å². The van der Waals surface area contributed by atoms with Gasteiger partial charge in [0, 0.05) is 5.02 Å². The molecule has 1 rings (SSSR count). The van der Waals surface area contributed by atoms with Crippen LogP contribution in [0.15, 0.2) is 24.3 Å². The molecule has 1 aromatic carbocycles. The van der Waals surface area contributed by atoms with Crippen LogP contribution in [0.2, 0.25) is 5.02 Å². The highest BCUT2D eigenvalue weighted by atomic mass is 35.5. The lowest BCUT2D eigenvalue weighted by molar-refractivity contribution is -0.722. The summed E-state index contributed by atoms with van der Waals surface area (Å²) in [6.07, 6.45) is -0.434. The Balaban J connectivity index is 2.19. The monoisotopic (exact) mass is 272 g/mol. The van der Waals surface area contributed by atoms with E-state index in [1.54, 1.807) is 0 Å². The van der Waals surface area contributed by atoms with Crippen LogP contribution >= 0.6 is 11.6 Å². The van der Waals surface area contributed by atoms with Crippen molar-refractivity contribution in [2.24, 2.45) is 0 Å². The largest absolute Gasteiger partial charge is 0.385 e. The zero-order chi connectivity index (χ0) is 13.6. The Morgan fingerprint density at radius 2 is 1.89 bits per heavy atom. The number of ether oxygens (including phenoxy) is 1. The molecule has 4 heteroatoms. The molecule has 0 aliphatic carbocycles. The fourth-order valence-electron chi connectivity index (χ4n) is 1.45. The van der Waals surface area contributed by atoms with E-state index in [4.69, 9.17) is 16.3 Å². The third-order valence-corrected chi connectivity index (χ3v) is 2.75. The van der Waals surface area contributed by atoms with Gasteiger partial charge in [-0.25, -0.2) is 0 Å². The molecule has 0 aromatic heterocycles. The molecule has 0 saturated heterocycles. The fraction of sp³-hybridized carbons (Fsp3) is 0.571. The number of aliphatic hydroxyl groups excluding tert-OH is 1. The molecule has 0 unspecified atom stereocenters. The van der Waals surface area contributed by atoms with E-state index in [1.807, 2.05) is 24.3 Å². The molecule has 0 bridgehead atoms. The molecule has 0 saturated carbocycles. The summed E-state index contributed by atoms with van der Waals surface area (Å²) in [6.45, 7) is 7.87. The third kappa shape index (κ3) is 6.97. The predicted molar refractivity (Wildman–Crippen MR) is 73.7 cm³/mol. The Bertz CT molecular complexity index is 346. The smallest absolute Gasteiger partial charge is 0.126 e. The van der Waals surface area contributed by atoms with Gasteiger partial charge in [-0.1, -0.05) is 23.7 Å². The number of halogens is 1. The Labute approximate surface area is 114 Å². The zero-order valence-electron chi connectivity index (χ0n) is 11.3. The Hall–Kier alpha value is -0.610. The standard InChI is InChI=1S/C14H22ClNO2/c1-14(2,3)16-8-13(17)10-18-9-11-4-6-12(15)7-5-11/h4-7,13,16-17H,8-10H2,1-3H3/p+1/t13-/m0/s1. The van der Waals surface area contributed by atoms with Gasteiger partial charge < -0.3 is 15.2 Å². The summed E-state index contributed by atoms with van der Waals surface area (Å²) in [4.78, 5) is 0. The van der Waals surface area contributed by atoms with Gasteiger partial charge in [-0.15, -0.1) is 0 Å². The summed E-state index contributed by atoms with van der Waals surface area (Å²) in [7, 11) is 0. The Morgan fingerprint density at radius 1 is 1.28 bits per heavy atom. The number of benzene rings is 1. The van der Waals surface area contributed by atoms with Gasteiger partial charge in [0.15, 0.2) is 0 Å². The quantitative estimate of drug-likeness (QED) is 0.826. The molecule has 0 radical (unpaired) electrons. The molecule has 0 spiro atoms. The molecule has 0 amide bonds. The van der Waals surface area contributed by atoms with Crippen LogP contribution in [0.4, 0.5) is 0 Å². The molecular weight excluding hydrogens is 250 g/mol. The summed E-state index contributed by atoms with van der Waals surface area (Å²) in [5.41, 5.74) is 1.20. The van der Waals surface area contributed by atoms with E-state index >= 15 is 0 Å². The number of aliphatic hydroxyl groups is 1. The molecule has 1 atom stereocenters. The van der Waals surface area contributed by atoms with Crippen molar-refractivity contribution in [3.63, 3.8) is 0 Å². The van der Waals surface area contributed by atoms with Crippen molar-refractivity contribution in [2.45, 2.75) is 39.0 Å². The predicted octanol–water partition coefficient (Wildman–Crippen LogP) is 1.58. The summed E-state index contributed by atoms with van der Waals surface area (Å²) in [5.74, 6) is 0. The number of rotatable bonds is 6. The maximum Gasteiger partial charge on any atom is 0.126 e. The minimum absolute atomic E-state index is 0.136. The van der Waals surface area contributed by atoms with Crippen LogP contribution in [0.1, 0.15) is 26.3 Å². The third-order valence-electron chi connectivity index (χ3n) is 2.49. The van der Waals surface area contributed by atoms with E-state index in [2.05, 4.69) is 26.1 Å². The summed E-state index contributed by atoms with van der Waals surface area (Å²) in [6, 6.07) is 7.53. The average molecular weight is 273 g/mol. The van der Waals surface area contributed by atoms with Gasteiger partial charge in [-0.2, -0.15) is 0 Å². The number of hydrogen-bond acceptors (Lipinski definition) is 2. The van der Waals surface area contributed by atoms with E-state index in [9.17, 15) is 5.11 Å². The molecule has 0 aliphatic rings. The van der Waals surface area contributed by atoms with Crippen molar-refractivity contribution in [3.8, 4) is 0 Å². The van der Waals surface area contributed by atoms with Gasteiger partial charge in [0.2, 0.25) is 0 Å². The van der Waals surface area contributed by atoms with Crippen LogP contribution in [-0.4, -0.2) is 29.9 Å². The van der Waals surface area contributed by atoms with Gasteiger partial charge in [-0.05, 0) is 38.5 Å². The molecule has 0 heterocycles. The SMILES string of the molecule is CC(C)(C)[NH2+]C[C@H](O)COCc1ccc(Cl)cc1. The van der Waals surface area contributed by atoms with Crippen molar-refractivity contribution in [1.82, 2.24) is 0 Å². The van der Waals surface area contributed by atoms with Crippen molar-refractivity contribution >= 4 is 11.6 Å². The van der Waals surface area contributed by atoms with Gasteiger partial charge >= 0.3 is 0 Å². The lowest BCUT2D eigenvalue weighted by Gasteiger charge is -2.19. The summed E-state index contributed by atoms with van der Waals surface area (Å²) < 4.78 is 5.47.